The number of anilines is 3. The van der Waals surface area contributed by atoms with Gasteiger partial charge < -0.3 is 0 Å². The van der Waals surface area contributed by atoms with Crippen molar-refractivity contribution in [3.63, 3.8) is 0 Å². The number of halogens is 1. The number of fused-ring (bicyclic) bond motifs is 1. The van der Waals surface area contributed by atoms with E-state index >= 15 is 0 Å². The standard InChI is InChI=1S/C26H30IN6O2/c1-4-17(2)14-29-26(34)31-23-16-33-25(18(23)3)24(22(28)15-30-33)27-32-19-10-12-21(13-11-19)35-20-8-6-5-7-9-20/h5-13,15-17,32H,4,14,28H2,1-3H3,(H2,29,31,34)/q-1. The first-order chi connectivity index (χ1) is 16.9. The molecule has 0 saturated carbocycles. The van der Waals surface area contributed by atoms with Crippen LogP contribution in [-0.2, 0) is 0 Å². The van der Waals surface area contributed by atoms with Crippen molar-refractivity contribution < 1.29 is 31.0 Å². The van der Waals surface area contributed by atoms with Gasteiger partial charge in [0, 0.05) is 0 Å². The Morgan fingerprint density at radius 1 is 1.14 bits per heavy atom. The molecule has 1 unspecified atom stereocenters. The van der Waals surface area contributed by atoms with Gasteiger partial charge in [0.15, 0.2) is 0 Å². The van der Waals surface area contributed by atoms with Crippen LogP contribution in [0.3, 0.4) is 0 Å². The second kappa shape index (κ2) is 11.3. The van der Waals surface area contributed by atoms with Gasteiger partial charge in [-0.2, -0.15) is 0 Å². The number of carbonyl (C=O) groups excluding carboxylic acids is 1. The molecule has 5 N–H and O–H groups in total. The van der Waals surface area contributed by atoms with Gasteiger partial charge in [-0.25, -0.2) is 0 Å². The summed E-state index contributed by atoms with van der Waals surface area (Å²) in [4.78, 5) is 12.4. The van der Waals surface area contributed by atoms with Gasteiger partial charge in [0.1, 0.15) is 0 Å². The van der Waals surface area contributed by atoms with Crippen LogP contribution in [0, 0.1) is 16.4 Å². The second-order valence-corrected chi connectivity index (χ2v) is 10.5. The third-order valence-corrected chi connectivity index (χ3v) is 8.23. The molecular formula is C26H30IN6O2-. The van der Waals surface area contributed by atoms with Crippen molar-refractivity contribution >= 4 is 28.6 Å². The summed E-state index contributed by atoms with van der Waals surface area (Å²) in [6, 6.07) is 17.3. The van der Waals surface area contributed by atoms with Crippen LogP contribution in [-0.4, -0.2) is 22.2 Å². The van der Waals surface area contributed by atoms with E-state index in [-0.39, 0.29) is 6.03 Å². The van der Waals surface area contributed by atoms with Gasteiger partial charge in [-0.1, -0.05) is 0 Å². The third kappa shape index (κ3) is 6.16. The Kier molecular flexibility index (Phi) is 7.96. The molecule has 35 heavy (non-hydrogen) atoms. The summed E-state index contributed by atoms with van der Waals surface area (Å²) in [5.41, 5.74) is 10.5. The predicted molar refractivity (Wildman–Crippen MR) is 136 cm³/mol. The number of aromatic nitrogens is 2. The molecule has 2 aromatic heterocycles. The average molecular weight is 585 g/mol. The number of benzene rings is 2. The van der Waals surface area contributed by atoms with Gasteiger partial charge in [-0.15, -0.1) is 0 Å². The van der Waals surface area contributed by atoms with Crippen molar-refractivity contribution in [2.75, 3.05) is 21.1 Å². The number of nitrogens with one attached hydrogen (secondary N) is 3. The van der Waals surface area contributed by atoms with E-state index in [1.807, 2.05) is 67.7 Å². The van der Waals surface area contributed by atoms with Gasteiger partial charge in [0.2, 0.25) is 0 Å². The molecule has 1 atom stereocenters. The fourth-order valence-electron chi connectivity index (χ4n) is 3.37. The molecule has 0 bridgehead atoms. The Bertz CT molecular complexity index is 1290. The van der Waals surface area contributed by atoms with Gasteiger partial charge in [-0.05, 0) is 0 Å². The van der Waals surface area contributed by atoms with E-state index in [0.717, 1.165) is 43.9 Å². The van der Waals surface area contributed by atoms with Crippen LogP contribution >= 0.6 is 0 Å². The molecule has 0 fully saturated rings. The van der Waals surface area contributed by atoms with Crippen LogP contribution in [0.25, 0.3) is 5.52 Å². The average Bonchev–Trinajstić information content (AvgIpc) is 3.18. The number of hydrogen-bond donors (Lipinski definition) is 4. The third-order valence-electron chi connectivity index (χ3n) is 5.66. The molecule has 0 radical (unpaired) electrons. The first-order valence-corrected chi connectivity index (χ1v) is 13.6. The fourth-order valence-corrected chi connectivity index (χ4v) is 5.67. The van der Waals surface area contributed by atoms with Crippen LogP contribution < -0.4 is 46.1 Å². The number of hydrogen-bond acceptors (Lipinski definition) is 5. The number of carbonyl (C=O) groups is 1. The molecule has 2 aromatic carbocycles. The van der Waals surface area contributed by atoms with Crippen molar-refractivity contribution in [2.45, 2.75) is 27.2 Å². The predicted octanol–water partition coefficient (Wildman–Crippen LogP) is 2.47. The topological polar surface area (TPSA) is 106 Å². The number of nitrogen functional groups attached to an aromatic ring is 1. The molecule has 4 rings (SSSR count). The van der Waals surface area contributed by atoms with Crippen LogP contribution in [0.2, 0.25) is 0 Å². The van der Waals surface area contributed by atoms with Crippen LogP contribution in [0.5, 0.6) is 11.5 Å². The van der Waals surface area contributed by atoms with Crippen molar-refractivity contribution in [1.29, 1.82) is 0 Å². The number of aryl methyl sites for hydroxylation is 1. The molecular weight excluding hydrogens is 555 g/mol. The molecule has 184 valence electrons. The van der Waals surface area contributed by atoms with E-state index in [1.54, 1.807) is 10.7 Å². The number of urea groups is 1. The summed E-state index contributed by atoms with van der Waals surface area (Å²) in [7, 11) is 0. The minimum absolute atomic E-state index is 0.218. The molecule has 2 amide bonds. The molecule has 4 aromatic rings. The maximum atomic E-state index is 12.4. The molecule has 0 aliphatic heterocycles. The van der Waals surface area contributed by atoms with Gasteiger partial charge in [0.05, 0.1) is 0 Å². The van der Waals surface area contributed by atoms with Crippen LogP contribution in [0.1, 0.15) is 25.8 Å². The van der Waals surface area contributed by atoms with E-state index in [0.29, 0.717) is 18.2 Å². The summed E-state index contributed by atoms with van der Waals surface area (Å²) in [5.74, 6) is 2.00. The normalized spacial score (nSPS) is 11.9. The zero-order valence-electron chi connectivity index (χ0n) is 20.0. The number of amides is 2. The Morgan fingerprint density at radius 2 is 1.86 bits per heavy atom. The van der Waals surface area contributed by atoms with E-state index in [1.165, 1.54) is 0 Å². The summed E-state index contributed by atoms with van der Waals surface area (Å²) in [5, 5.41) is 10.3. The zero-order valence-corrected chi connectivity index (χ0v) is 22.2. The Morgan fingerprint density at radius 3 is 2.57 bits per heavy atom. The monoisotopic (exact) mass is 585 g/mol. The van der Waals surface area contributed by atoms with Gasteiger partial charge in [-0.3, -0.25) is 0 Å². The SMILES string of the molecule is CCC(C)CNC(=O)Nc1cn2ncc(N)c([I-]Nc3ccc(Oc4ccccc4)cc3)c2c1C. The summed E-state index contributed by atoms with van der Waals surface area (Å²) < 4.78 is 12.2. The molecule has 0 spiro atoms. The summed E-state index contributed by atoms with van der Waals surface area (Å²) >= 11 is -0.683. The molecule has 2 heterocycles. The molecule has 9 heteroatoms. The Hall–Kier alpha value is -3.47. The maximum absolute atomic E-state index is 12.4. The fraction of sp³-hybridized carbons (Fsp3) is 0.231. The first-order valence-electron chi connectivity index (χ1n) is 11.5. The molecule has 8 nitrogen and oxygen atoms in total. The Balaban J connectivity index is 1.46. The number of para-hydroxylation sites is 1. The zero-order chi connectivity index (χ0) is 24.8. The van der Waals surface area contributed by atoms with Gasteiger partial charge >= 0.3 is 216 Å². The van der Waals surface area contributed by atoms with Crippen LogP contribution in [0.4, 0.5) is 21.9 Å². The Labute approximate surface area is 215 Å². The van der Waals surface area contributed by atoms with E-state index in [2.05, 4.69) is 33.1 Å². The molecule has 0 saturated heterocycles. The number of ether oxygens (including phenoxy) is 1. The number of rotatable bonds is 9. The molecule has 0 aliphatic carbocycles. The minimum atomic E-state index is -0.683. The van der Waals surface area contributed by atoms with Crippen molar-refractivity contribution in [3.8, 4) is 11.5 Å². The van der Waals surface area contributed by atoms with E-state index in [4.69, 9.17) is 10.5 Å². The second-order valence-electron chi connectivity index (χ2n) is 8.35. The van der Waals surface area contributed by atoms with Crippen LogP contribution in [0.15, 0.2) is 67.0 Å². The first kappa shape index (κ1) is 24.6. The molecule has 0 aliphatic rings. The van der Waals surface area contributed by atoms with Gasteiger partial charge in [0.25, 0.3) is 0 Å². The quantitative estimate of drug-likeness (QED) is 0.179. The van der Waals surface area contributed by atoms with E-state index in [9.17, 15) is 4.79 Å². The number of nitrogens with two attached hydrogens (primary N) is 1. The number of nitrogens with zero attached hydrogens (tertiary/aromatic N) is 2. The summed E-state index contributed by atoms with van der Waals surface area (Å²) in [6.45, 7) is 6.83. The summed E-state index contributed by atoms with van der Waals surface area (Å²) in [6.07, 6.45) is 4.50. The van der Waals surface area contributed by atoms with E-state index < -0.39 is 21.5 Å². The van der Waals surface area contributed by atoms with Crippen molar-refractivity contribution in [3.05, 3.63) is 76.1 Å². The van der Waals surface area contributed by atoms with Crippen molar-refractivity contribution in [1.82, 2.24) is 14.9 Å². The van der Waals surface area contributed by atoms with Crippen molar-refractivity contribution in [2.24, 2.45) is 5.92 Å².